The van der Waals surface area contributed by atoms with E-state index in [4.69, 9.17) is 0 Å². The van der Waals surface area contributed by atoms with E-state index in [1.807, 2.05) is 60.7 Å². The summed E-state index contributed by atoms with van der Waals surface area (Å²) >= 11 is 0. The summed E-state index contributed by atoms with van der Waals surface area (Å²) in [7, 11) is 0. The summed E-state index contributed by atoms with van der Waals surface area (Å²) in [6, 6.07) is 16.3. The third-order valence-corrected chi connectivity index (χ3v) is 3.51. The second-order valence-corrected chi connectivity index (χ2v) is 5.33. The van der Waals surface area contributed by atoms with Crippen LogP contribution in [0.3, 0.4) is 0 Å². The summed E-state index contributed by atoms with van der Waals surface area (Å²) in [5.41, 5.74) is 1.68. The van der Waals surface area contributed by atoms with Gasteiger partial charge < -0.3 is 10.2 Å². The minimum absolute atomic E-state index is 0.207. The van der Waals surface area contributed by atoms with Crippen LogP contribution in [-0.4, -0.2) is 34.2 Å². The summed E-state index contributed by atoms with van der Waals surface area (Å²) in [4.78, 5) is 22.9. The molecule has 0 amide bonds. The average Bonchev–Trinajstić information content (AvgIpc) is 2.59. The molecule has 0 spiro atoms. The standard InChI is InChI=1S/C19H19NO4/c21-18(22)16(12-11-14-7-3-1-4-8-14)20-17(19(23)24)13-15-9-5-2-6-10-15/h1-12,16-17,20H,13H2,(H,21,22)(H,23,24)/t16-,17-/m0/s1. The first-order valence-corrected chi connectivity index (χ1v) is 7.55. The Kier molecular flexibility index (Phi) is 6.28. The van der Waals surface area contributed by atoms with Gasteiger partial charge in [-0.25, -0.2) is 0 Å². The number of carbonyl (C=O) groups is 2. The van der Waals surface area contributed by atoms with Crippen molar-refractivity contribution in [3.05, 3.63) is 77.9 Å². The first-order chi connectivity index (χ1) is 11.6. The van der Waals surface area contributed by atoms with Crippen LogP contribution in [0, 0.1) is 0 Å². The number of nitrogens with one attached hydrogen (secondary N) is 1. The van der Waals surface area contributed by atoms with Crippen LogP contribution in [-0.2, 0) is 16.0 Å². The van der Waals surface area contributed by atoms with E-state index in [2.05, 4.69) is 5.32 Å². The SMILES string of the molecule is O=C(O)[C@H](C=Cc1ccccc1)N[C@@H](Cc1ccccc1)C(=O)O. The van der Waals surface area contributed by atoms with Crippen LogP contribution in [0.15, 0.2) is 66.7 Å². The summed E-state index contributed by atoms with van der Waals surface area (Å²) in [5.74, 6) is -2.21. The van der Waals surface area contributed by atoms with E-state index in [-0.39, 0.29) is 6.42 Å². The van der Waals surface area contributed by atoms with Crippen molar-refractivity contribution < 1.29 is 19.8 Å². The van der Waals surface area contributed by atoms with Crippen LogP contribution in [0.1, 0.15) is 11.1 Å². The Morgan fingerprint density at radius 3 is 2.04 bits per heavy atom. The number of benzene rings is 2. The van der Waals surface area contributed by atoms with Gasteiger partial charge >= 0.3 is 11.9 Å². The Labute approximate surface area is 140 Å². The zero-order valence-electron chi connectivity index (χ0n) is 13.0. The lowest BCUT2D eigenvalue weighted by Gasteiger charge is -2.18. The Morgan fingerprint density at radius 1 is 0.917 bits per heavy atom. The highest BCUT2D eigenvalue weighted by molar-refractivity contribution is 5.80. The largest absolute Gasteiger partial charge is 0.480 e. The fourth-order valence-corrected chi connectivity index (χ4v) is 2.26. The summed E-state index contributed by atoms with van der Waals surface area (Å²) in [6.07, 6.45) is 3.32. The van der Waals surface area contributed by atoms with Crippen LogP contribution >= 0.6 is 0 Å². The van der Waals surface area contributed by atoms with Crippen molar-refractivity contribution in [2.45, 2.75) is 18.5 Å². The van der Waals surface area contributed by atoms with Crippen molar-refractivity contribution in [2.75, 3.05) is 0 Å². The van der Waals surface area contributed by atoms with E-state index in [1.165, 1.54) is 6.08 Å². The summed E-state index contributed by atoms with van der Waals surface area (Å²) in [6.45, 7) is 0. The molecule has 24 heavy (non-hydrogen) atoms. The van der Waals surface area contributed by atoms with E-state index in [0.29, 0.717) is 0 Å². The molecule has 0 aliphatic rings. The first kappa shape index (κ1) is 17.4. The number of carboxylic acids is 2. The highest BCUT2D eigenvalue weighted by atomic mass is 16.4. The molecule has 0 aliphatic heterocycles. The second-order valence-electron chi connectivity index (χ2n) is 5.33. The van der Waals surface area contributed by atoms with Crippen LogP contribution in [0.2, 0.25) is 0 Å². The molecule has 0 fully saturated rings. The first-order valence-electron chi connectivity index (χ1n) is 7.55. The third-order valence-electron chi connectivity index (χ3n) is 3.51. The maximum atomic E-state index is 11.5. The van der Waals surface area contributed by atoms with Crippen molar-refractivity contribution in [3.63, 3.8) is 0 Å². The van der Waals surface area contributed by atoms with Crippen LogP contribution in [0.4, 0.5) is 0 Å². The van der Waals surface area contributed by atoms with Crippen molar-refractivity contribution in [1.82, 2.24) is 5.32 Å². The number of aliphatic carboxylic acids is 2. The molecule has 5 nitrogen and oxygen atoms in total. The van der Waals surface area contributed by atoms with Gasteiger partial charge in [0.25, 0.3) is 0 Å². The summed E-state index contributed by atoms with van der Waals surface area (Å²) in [5, 5.41) is 21.4. The van der Waals surface area contributed by atoms with Gasteiger partial charge in [-0.2, -0.15) is 0 Å². The second kappa shape index (κ2) is 8.64. The van der Waals surface area contributed by atoms with Gasteiger partial charge in [0.1, 0.15) is 12.1 Å². The molecule has 0 aromatic heterocycles. The monoisotopic (exact) mass is 325 g/mol. The Balaban J connectivity index is 2.10. The highest BCUT2D eigenvalue weighted by Gasteiger charge is 2.24. The molecule has 0 unspecified atom stereocenters. The minimum Gasteiger partial charge on any atom is -0.480 e. The molecule has 0 radical (unpaired) electrons. The Hall–Kier alpha value is -2.92. The predicted molar refractivity (Wildman–Crippen MR) is 91.6 cm³/mol. The van der Waals surface area contributed by atoms with Crippen LogP contribution < -0.4 is 5.32 Å². The molecule has 3 N–H and O–H groups in total. The maximum Gasteiger partial charge on any atom is 0.324 e. The van der Waals surface area contributed by atoms with Crippen LogP contribution in [0.25, 0.3) is 6.08 Å². The van der Waals surface area contributed by atoms with Crippen molar-refractivity contribution >= 4 is 18.0 Å². The molecule has 0 saturated carbocycles. The van der Waals surface area contributed by atoms with Gasteiger partial charge in [-0.3, -0.25) is 14.9 Å². The number of carboxylic acid groups (broad SMARTS) is 2. The van der Waals surface area contributed by atoms with Crippen LogP contribution in [0.5, 0.6) is 0 Å². The maximum absolute atomic E-state index is 11.5. The molecule has 2 rings (SSSR count). The lowest BCUT2D eigenvalue weighted by Crippen LogP contribution is -2.47. The minimum atomic E-state index is -1.12. The smallest absolute Gasteiger partial charge is 0.324 e. The van der Waals surface area contributed by atoms with E-state index in [9.17, 15) is 19.8 Å². The molecule has 2 atom stereocenters. The molecule has 2 aromatic rings. The van der Waals surface area contributed by atoms with Gasteiger partial charge in [0.05, 0.1) is 0 Å². The van der Waals surface area contributed by atoms with E-state index in [1.54, 1.807) is 6.08 Å². The molecule has 124 valence electrons. The zero-order valence-corrected chi connectivity index (χ0v) is 13.0. The number of hydrogen-bond acceptors (Lipinski definition) is 3. The quantitative estimate of drug-likeness (QED) is 0.694. The average molecular weight is 325 g/mol. The third kappa shape index (κ3) is 5.37. The van der Waals surface area contributed by atoms with Crippen molar-refractivity contribution in [1.29, 1.82) is 0 Å². The normalized spacial score (nSPS) is 13.5. The molecule has 2 aromatic carbocycles. The molecule has 5 heteroatoms. The molecular formula is C19H19NO4. The van der Waals surface area contributed by atoms with E-state index >= 15 is 0 Å². The lowest BCUT2D eigenvalue weighted by atomic mass is 10.0. The van der Waals surface area contributed by atoms with Gasteiger partial charge in [-0.05, 0) is 17.5 Å². The highest BCUT2D eigenvalue weighted by Crippen LogP contribution is 2.07. The van der Waals surface area contributed by atoms with Gasteiger partial charge in [0.2, 0.25) is 0 Å². The fraction of sp³-hybridized carbons (Fsp3) is 0.158. The van der Waals surface area contributed by atoms with Gasteiger partial charge in [0, 0.05) is 0 Å². The number of hydrogen-bond donors (Lipinski definition) is 3. The Bertz CT molecular complexity index is 698. The molecule has 0 saturated heterocycles. The fourth-order valence-electron chi connectivity index (χ4n) is 2.26. The molecule has 0 heterocycles. The topological polar surface area (TPSA) is 86.6 Å². The molecular weight excluding hydrogens is 306 g/mol. The van der Waals surface area contributed by atoms with Gasteiger partial charge in [-0.15, -0.1) is 0 Å². The molecule has 0 bridgehead atoms. The van der Waals surface area contributed by atoms with E-state index < -0.39 is 24.0 Å². The van der Waals surface area contributed by atoms with Gasteiger partial charge in [0.15, 0.2) is 0 Å². The number of rotatable bonds is 8. The van der Waals surface area contributed by atoms with Gasteiger partial charge in [-0.1, -0.05) is 72.8 Å². The zero-order chi connectivity index (χ0) is 17.4. The van der Waals surface area contributed by atoms with Crippen molar-refractivity contribution in [2.24, 2.45) is 0 Å². The molecule has 0 aliphatic carbocycles. The summed E-state index contributed by atoms with van der Waals surface area (Å²) < 4.78 is 0. The van der Waals surface area contributed by atoms with Crippen molar-refractivity contribution in [3.8, 4) is 0 Å². The Morgan fingerprint density at radius 2 is 1.50 bits per heavy atom. The predicted octanol–water partition coefficient (Wildman–Crippen LogP) is 2.44. The van der Waals surface area contributed by atoms with E-state index in [0.717, 1.165) is 11.1 Å². The lowest BCUT2D eigenvalue weighted by molar-refractivity contribution is -0.141.